The van der Waals surface area contributed by atoms with Crippen molar-refractivity contribution in [2.24, 2.45) is 0 Å². The summed E-state index contributed by atoms with van der Waals surface area (Å²) in [6.45, 7) is 2.24. The predicted molar refractivity (Wildman–Crippen MR) is 66.1 cm³/mol. The first-order chi connectivity index (χ1) is 7.36. The Morgan fingerprint density at radius 3 is 3.20 bits per heavy atom. The van der Waals surface area contributed by atoms with E-state index >= 15 is 0 Å². The van der Waals surface area contributed by atoms with Gasteiger partial charge in [-0.15, -0.1) is 0 Å². The van der Waals surface area contributed by atoms with E-state index in [1.807, 2.05) is 18.3 Å². The fourth-order valence-corrected chi connectivity index (χ4v) is 2.22. The Hall–Kier alpha value is -0.610. The Balaban J connectivity index is 1.98. The van der Waals surface area contributed by atoms with Crippen molar-refractivity contribution in [1.29, 1.82) is 0 Å². The van der Waals surface area contributed by atoms with Gasteiger partial charge in [0.2, 0.25) is 0 Å². The monoisotopic (exact) mass is 269 g/mol. The average Bonchev–Trinajstić information content (AvgIpc) is 2.50. The molecule has 4 heteroatoms. The highest BCUT2D eigenvalue weighted by Crippen LogP contribution is 2.21. The highest BCUT2D eigenvalue weighted by Gasteiger charge is 2.12. The third-order valence-electron chi connectivity index (χ3n) is 2.68. The molecule has 1 fully saturated rings. The van der Waals surface area contributed by atoms with E-state index in [0.29, 0.717) is 6.04 Å². The highest BCUT2D eigenvalue weighted by molar-refractivity contribution is 9.10. The van der Waals surface area contributed by atoms with Gasteiger partial charge in [-0.05, 0) is 60.4 Å². The zero-order chi connectivity index (χ0) is 10.5. The fourth-order valence-electron chi connectivity index (χ4n) is 1.85. The van der Waals surface area contributed by atoms with Crippen molar-refractivity contribution in [2.75, 3.05) is 18.4 Å². The van der Waals surface area contributed by atoms with E-state index in [4.69, 9.17) is 0 Å². The van der Waals surface area contributed by atoms with Gasteiger partial charge in [-0.1, -0.05) is 0 Å². The summed E-state index contributed by atoms with van der Waals surface area (Å²) in [5, 5.41) is 6.90. The van der Waals surface area contributed by atoms with Gasteiger partial charge in [0.1, 0.15) is 5.82 Å². The van der Waals surface area contributed by atoms with Crippen LogP contribution in [0.15, 0.2) is 22.8 Å². The Labute approximate surface area is 98.8 Å². The summed E-state index contributed by atoms with van der Waals surface area (Å²) >= 11 is 3.50. The molecule has 0 spiro atoms. The van der Waals surface area contributed by atoms with E-state index in [9.17, 15) is 0 Å². The molecule has 1 saturated heterocycles. The second kappa shape index (κ2) is 5.47. The zero-order valence-electron chi connectivity index (χ0n) is 8.67. The number of nitrogens with zero attached hydrogens (tertiary/aromatic N) is 1. The van der Waals surface area contributed by atoms with Crippen LogP contribution in [0.1, 0.15) is 19.3 Å². The third-order valence-corrected chi connectivity index (χ3v) is 3.31. The molecule has 15 heavy (non-hydrogen) atoms. The van der Waals surface area contributed by atoms with Crippen molar-refractivity contribution in [3.8, 4) is 0 Å². The molecule has 1 aliphatic heterocycles. The van der Waals surface area contributed by atoms with Gasteiger partial charge in [0.05, 0.1) is 4.47 Å². The standard InChI is InChI=1S/C11H16BrN3/c12-10-4-2-7-14-11(10)15-9-3-1-6-13-8-5-9/h2,4,7,9,13H,1,3,5-6,8H2,(H,14,15). The van der Waals surface area contributed by atoms with E-state index in [1.54, 1.807) is 0 Å². The number of nitrogens with one attached hydrogen (secondary N) is 2. The van der Waals surface area contributed by atoms with Gasteiger partial charge < -0.3 is 10.6 Å². The van der Waals surface area contributed by atoms with Crippen LogP contribution in [0.25, 0.3) is 0 Å². The molecule has 2 rings (SSSR count). The molecular weight excluding hydrogens is 254 g/mol. The number of anilines is 1. The van der Waals surface area contributed by atoms with Crippen LogP contribution in [0.4, 0.5) is 5.82 Å². The average molecular weight is 270 g/mol. The Morgan fingerprint density at radius 1 is 1.40 bits per heavy atom. The lowest BCUT2D eigenvalue weighted by atomic mass is 10.1. The first-order valence-corrected chi connectivity index (χ1v) is 6.23. The molecule has 1 aliphatic rings. The summed E-state index contributed by atoms with van der Waals surface area (Å²) in [7, 11) is 0. The number of aromatic nitrogens is 1. The minimum atomic E-state index is 0.547. The topological polar surface area (TPSA) is 37.0 Å². The van der Waals surface area contributed by atoms with Crippen molar-refractivity contribution in [2.45, 2.75) is 25.3 Å². The summed E-state index contributed by atoms with van der Waals surface area (Å²) in [6.07, 6.45) is 5.45. The lowest BCUT2D eigenvalue weighted by molar-refractivity contribution is 0.634. The summed E-state index contributed by atoms with van der Waals surface area (Å²) in [4.78, 5) is 4.32. The minimum Gasteiger partial charge on any atom is -0.366 e. The van der Waals surface area contributed by atoms with Crippen molar-refractivity contribution < 1.29 is 0 Å². The van der Waals surface area contributed by atoms with Gasteiger partial charge >= 0.3 is 0 Å². The molecule has 0 aliphatic carbocycles. The first-order valence-electron chi connectivity index (χ1n) is 5.44. The van der Waals surface area contributed by atoms with E-state index < -0.39 is 0 Å². The molecule has 0 saturated carbocycles. The van der Waals surface area contributed by atoms with Gasteiger partial charge in [-0.25, -0.2) is 4.98 Å². The molecule has 3 nitrogen and oxygen atoms in total. The van der Waals surface area contributed by atoms with Crippen molar-refractivity contribution >= 4 is 21.7 Å². The van der Waals surface area contributed by atoms with E-state index in [0.717, 1.165) is 23.4 Å². The van der Waals surface area contributed by atoms with Crippen LogP contribution >= 0.6 is 15.9 Å². The molecular formula is C11H16BrN3. The molecule has 1 aromatic rings. The van der Waals surface area contributed by atoms with Crippen LogP contribution in [0.2, 0.25) is 0 Å². The number of halogens is 1. The molecule has 1 aromatic heterocycles. The lowest BCUT2D eigenvalue weighted by Gasteiger charge is -2.17. The molecule has 2 N–H and O–H groups in total. The number of pyridine rings is 1. The normalized spacial score (nSPS) is 22.1. The largest absolute Gasteiger partial charge is 0.366 e. The molecule has 2 heterocycles. The highest BCUT2D eigenvalue weighted by atomic mass is 79.9. The van der Waals surface area contributed by atoms with Crippen molar-refractivity contribution in [3.05, 3.63) is 22.8 Å². The van der Waals surface area contributed by atoms with Gasteiger partial charge in [0.15, 0.2) is 0 Å². The molecule has 0 radical (unpaired) electrons. The molecule has 0 bridgehead atoms. The maximum absolute atomic E-state index is 4.32. The summed E-state index contributed by atoms with van der Waals surface area (Å²) in [5.74, 6) is 0.962. The van der Waals surface area contributed by atoms with Crippen molar-refractivity contribution in [3.63, 3.8) is 0 Å². The van der Waals surface area contributed by atoms with Crippen LogP contribution < -0.4 is 10.6 Å². The maximum atomic E-state index is 4.32. The third kappa shape index (κ3) is 3.18. The summed E-state index contributed by atoms with van der Waals surface area (Å²) in [5.41, 5.74) is 0. The van der Waals surface area contributed by atoms with Gasteiger partial charge in [-0.2, -0.15) is 0 Å². The number of hydrogen-bond acceptors (Lipinski definition) is 3. The Bertz CT molecular complexity index is 308. The molecule has 0 aromatic carbocycles. The second-order valence-electron chi connectivity index (χ2n) is 3.86. The van der Waals surface area contributed by atoms with Crippen LogP contribution in [0.5, 0.6) is 0 Å². The summed E-state index contributed by atoms with van der Waals surface area (Å²) < 4.78 is 1.04. The van der Waals surface area contributed by atoms with E-state index in [2.05, 4.69) is 31.5 Å². The maximum Gasteiger partial charge on any atom is 0.140 e. The predicted octanol–water partition coefficient (Wildman–Crippen LogP) is 2.40. The van der Waals surface area contributed by atoms with E-state index in [1.165, 1.54) is 19.3 Å². The van der Waals surface area contributed by atoms with Crippen LogP contribution in [-0.4, -0.2) is 24.1 Å². The minimum absolute atomic E-state index is 0.547. The smallest absolute Gasteiger partial charge is 0.140 e. The lowest BCUT2D eigenvalue weighted by Crippen LogP contribution is -2.22. The molecule has 1 unspecified atom stereocenters. The Kier molecular flexibility index (Phi) is 3.97. The van der Waals surface area contributed by atoms with Crippen LogP contribution in [0.3, 0.4) is 0 Å². The van der Waals surface area contributed by atoms with Gasteiger partial charge in [0.25, 0.3) is 0 Å². The fraction of sp³-hybridized carbons (Fsp3) is 0.545. The quantitative estimate of drug-likeness (QED) is 0.866. The van der Waals surface area contributed by atoms with Crippen molar-refractivity contribution in [1.82, 2.24) is 10.3 Å². The van der Waals surface area contributed by atoms with Gasteiger partial charge in [-0.3, -0.25) is 0 Å². The summed E-state index contributed by atoms with van der Waals surface area (Å²) in [6, 6.07) is 4.50. The zero-order valence-corrected chi connectivity index (χ0v) is 10.3. The first kappa shape index (κ1) is 10.9. The Morgan fingerprint density at radius 2 is 2.33 bits per heavy atom. The van der Waals surface area contributed by atoms with E-state index in [-0.39, 0.29) is 0 Å². The molecule has 0 amide bonds. The SMILES string of the molecule is Brc1cccnc1NC1CCCNCC1. The molecule has 82 valence electrons. The van der Waals surface area contributed by atoms with Crippen LogP contribution in [-0.2, 0) is 0 Å². The molecule has 1 atom stereocenters. The van der Waals surface area contributed by atoms with Gasteiger partial charge in [0, 0.05) is 12.2 Å². The second-order valence-corrected chi connectivity index (χ2v) is 4.71. The van der Waals surface area contributed by atoms with Crippen LogP contribution in [0, 0.1) is 0 Å². The number of rotatable bonds is 2. The number of hydrogen-bond donors (Lipinski definition) is 2.